The molecule has 0 spiro atoms. The molecule has 0 radical (unpaired) electrons. The molecule has 0 fully saturated rings. The van der Waals surface area contributed by atoms with Crippen molar-refractivity contribution in [3.05, 3.63) is 88.8 Å². The first-order valence-electron chi connectivity index (χ1n) is 9.25. The van der Waals surface area contributed by atoms with Crippen molar-refractivity contribution in [3.63, 3.8) is 0 Å². The number of Topliss-reactive ketones (excluding diaryl/α,β-unsaturated/α-hetero) is 1. The lowest BCUT2D eigenvalue weighted by Crippen LogP contribution is -2.19. The van der Waals surface area contributed by atoms with Gasteiger partial charge in [0.2, 0.25) is 0 Å². The maximum Gasteiger partial charge on any atom is 0.162 e. The maximum absolute atomic E-state index is 13.1. The summed E-state index contributed by atoms with van der Waals surface area (Å²) in [5.41, 5.74) is 2.64. The molecule has 3 nitrogen and oxygen atoms in total. The number of anilines is 2. The van der Waals surface area contributed by atoms with Gasteiger partial charge in [0.15, 0.2) is 5.78 Å². The molecular formula is C23H18ClFN2OS. The van der Waals surface area contributed by atoms with Crippen LogP contribution in [0.25, 0.3) is 10.1 Å². The van der Waals surface area contributed by atoms with Gasteiger partial charge in [-0.15, -0.1) is 11.3 Å². The summed E-state index contributed by atoms with van der Waals surface area (Å²) in [5.74, 6) is -0.323. The molecule has 29 heavy (non-hydrogen) atoms. The molecular weight excluding hydrogens is 407 g/mol. The van der Waals surface area contributed by atoms with Gasteiger partial charge in [-0.1, -0.05) is 11.6 Å². The monoisotopic (exact) mass is 424 g/mol. The third-order valence-corrected chi connectivity index (χ3v) is 5.90. The summed E-state index contributed by atoms with van der Waals surface area (Å²) in [4.78, 5) is 18.8. The minimum Gasteiger partial charge on any atom is -0.340 e. The van der Waals surface area contributed by atoms with E-state index >= 15 is 0 Å². The summed E-state index contributed by atoms with van der Waals surface area (Å²) >= 11 is 7.78. The predicted molar refractivity (Wildman–Crippen MR) is 118 cm³/mol. The number of hydrogen-bond acceptors (Lipinski definition) is 4. The molecule has 4 rings (SSSR count). The number of carbonyl (C=O) groups is 1. The van der Waals surface area contributed by atoms with Crippen molar-refractivity contribution in [1.29, 1.82) is 0 Å². The van der Waals surface area contributed by atoms with Crippen molar-refractivity contribution >= 4 is 50.2 Å². The zero-order chi connectivity index (χ0) is 20.2. The maximum atomic E-state index is 13.1. The molecule has 0 aliphatic carbocycles. The fraction of sp³-hybridized carbons (Fsp3) is 0.130. The molecule has 0 saturated heterocycles. The summed E-state index contributed by atoms with van der Waals surface area (Å²) in [6.07, 6.45) is 4.58. The van der Waals surface area contributed by atoms with Crippen LogP contribution < -0.4 is 4.90 Å². The van der Waals surface area contributed by atoms with Crippen LogP contribution in [0.5, 0.6) is 0 Å². The van der Waals surface area contributed by atoms with Gasteiger partial charge in [-0.3, -0.25) is 9.78 Å². The summed E-state index contributed by atoms with van der Waals surface area (Å²) < 4.78 is 14.2. The van der Waals surface area contributed by atoms with Crippen LogP contribution >= 0.6 is 22.9 Å². The number of thiophene rings is 1. The van der Waals surface area contributed by atoms with E-state index in [1.807, 2.05) is 30.3 Å². The minimum atomic E-state index is -0.338. The lowest BCUT2D eigenvalue weighted by Gasteiger charge is -2.24. The second kappa shape index (κ2) is 8.72. The number of ketones is 1. The molecule has 0 saturated carbocycles. The molecule has 4 aromatic rings. The van der Waals surface area contributed by atoms with Gasteiger partial charge in [0.25, 0.3) is 0 Å². The Hall–Kier alpha value is -2.76. The Bertz CT molecular complexity index is 1130. The Labute approximate surface area is 177 Å². The molecule has 6 heteroatoms. The highest BCUT2D eigenvalue weighted by Crippen LogP contribution is 2.38. The largest absolute Gasteiger partial charge is 0.340 e. The lowest BCUT2D eigenvalue weighted by molar-refractivity contribution is 0.0981. The molecule has 0 bridgehead atoms. The zero-order valence-corrected chi connectivity index (χ0v) is 17.1. The number of halogens is 2. The quantitative estimate of drug-likeness (QED) is 0.303. The van der Waals surface area contributed by atoms with E-state index in [1.165, 1.54) is 24.3 Å². The smallest absolute Gasteiger partial charge is 0.162 e. The first-order valence-corrected chi connectivity index (χ1v) is 10.5. The second-order valence-corrected chi connectivity index (χ2v) is 8.00. The van der Waals surface area contributed by atoms with Gasteiger partial charge >= 0.3 is 0 Å². The standard InChI is InChI=1S/C23H18ClFN2OS/c24-17-5-8-20-21(15-29-23(20)14-17)27(19-9-11-26-12-10-19)13-1-2-22(28)16-3-6-18(25)7-4-16/h3-12,14-15H,1-2,13H2. The molecule has 2 aromatic heterocycles. The van der Waals surface area contributed by atoms with Gasteiger partial charge in [0.05, 0.1) is 5.69 Å². The minimum absolute atomic E-state index is 0.0154. The van der Waals surface area contributed by atoms with E-state index in [-0.39, 0.29) is 11.6 Å². The lowest BCUT2D eigenvalue weighted by atomic mass is 10.1. The molecule has 0 amide bonds. The Balaban J connectivity index is 1.55. The van der Waals surface area contributed by atoms with Gasteiger partial charge in [-0.05, 0) is 61.0 Å². The van der Waals surface area contributed by atoms with Crippen molar-refractivity contribution in [2.45, 2.75) is 12.8 Å². The number of hydrogen-bond donors (Lipinski definition) is 0. The molecule has 2 aromatic carbocycles. The van der Waals surface area contributed by atoms with Crippen molar-refractivity contribution in [1.82, 2.24) is 4.98 Å². The average molecular weight is 425 g/mol. The van der Waals surface area contributed by atoms with Crippen LogP contribution in [-0.2, 0) is 0 Å². The van der Waals surface area contributed by atoms with Crippen LogP contribution in [0.3, 0.4) is 0 Å². The first-order chi connectivity index (χ1) is 14.1. The van der Waals surface area contributed by atoms with Crippen LogP contribution in [-0.4, -0.2) is 17.3 Å². The summed E-state index contributed by atoms with van der Waals surface area (Å²) in [7, 11) is 0. The number of fused-ring (bicyclic) bond motifs is 1. The number of nitrogens with zero attached hydrogens (tertiary/aromatic N) is 2. The van der Waals surface area contributed by atoms with Gasteiger partial charge in [-0.25, -0.2) is 4.39 Å². The van der Waals surface area contributed by atoms with E-state index in [4.69, 9.17) is 11.6 Å². The molecule has 2 heterocycles. The van der Waals surface area contributed by atoms with Crippen molar-refractivity contribution in [2.75, 3.05) is 11.4 Å². The number of benzene rings is 2. The number of carbonyl (C=O) groups excluding carboxylic acids is 1. The van der Waals surface area contributed by atoms with E-state index in [0.29, 0.717) is 30.0 Å². The normalized spacial score (nSPS) is 11.0. The fourth-order valence-corrected chi connectivity index (χ4v) is 4.51. The highest BCUT2D eigenvalue weighted by Gasteiger charge is 2.15. The Kier molecular flexibility index (Phi) is 5.88. The zero-order valence-electron chi connectivity index (χ0n) is 15.5. The second-order valence-electron chi connectivity index (χ2n) is 6.65. The Morgan fingerprint density at radius 1 is 1.07 bits per heavy atom. The van der Waals surface area contributed by atoms with Crippen LogP contribution in [0, 0.1) is 5.82 Å². The Morgan fingerprint density at radius 3 is 2.59 bits per heavy atom. The summed E-state index contributed by atoms with van der Waals surface area (Å²) in [5, 5.41) is 3.95. The summed E-state index contributed by atoms with van der Waals surface area (Å²) in [6.45, 7) is 0.672. The van der Waals surface area contributed by atoms with E-state index in [9.17, 15) is 9.18 Å². The SMILES string of the molecule is O=C(CCCN(c1ccncc1)c1csc2cc(Cl)ccc12)c1ccc(F)cc1. The molecule has 146 valence electrons. The molecule has 0 unspecified atom stereocenters. The van der Waals surface area contributed by atoms with E-state index in [2.05, 4.69) is 15.3 Å². The van der Waals surface area contributed by atoms with E-state index in [1.54, 1.807) is 23.7 Å². The third kappa shape index (κ3) is 4.47. The highest BCUT2D eigenvalue weighted by molar-refractivity contribution is 7.17. The highest BCUT2D eigenvalue weighted by atomic mass is 35.5. The van der Waals surface area contributed by atoms with E-state index < -0.39 is 0 Å². The number of aromatic nitrogens is 1. The first kappa shape index (κ1) is 19.6. The van der Waals surface area contributed by atoms with Crippen molar-refractivity contribution in [3.8, 4) is 0 Å². The Morgan fingerprint density at radius 2 is 1.83 bits per heavy atom. The van der Waals surface area contributed by atoms with E-state index in [0.717, 1.165) is 21.5 Å². The van der Waals surface area contributed by atoms with Crippen molar-refractivity contribution < 1.29 is 9.18 Å². The van der Waals surface area contributed by atoms with Gasteiger partial charge in [0.1, 0.15) is 5.82 Å². The van der Waals surface area contributed by atoms with Gasteiger partial charge in [-0.2, -0.15) is 0 Å². The molecule has 0 N–H and O–H groups in total. The van der Waals surface area contributed by atoms with Crippen LogP contribution in [0.1, 0.15) is 23.2 Å². The third-order valence-electron chi connectivity index (χ3n) is 4.73. The van der Waals surface area contributed by atoms with Crippen LogP contribution in [0.15, 0.2) is 72.4 Å². The molecule has 0 atom stereocenters. The predicted octanol–water partition coefficient (Wildman–Crippen LogP) is 6.89. The number of rotatable bonds is 7. The van der Waals surface area contributed by atoms with Gasteiger partial charge < -0.3 is 4.90 Å². The topological polar surface area (TPSA) is 33.2 Å². The fourth-order valence-electron chi connectivity index (χ4n) is 3.29. The average Bonchev–Trinajstić information content (AvgIpc) is 3.15. The molecule has 0 aliphatic heterocycles. The van der Waals surface area contributed by atoms with Gasteiger partial charge in [0, 0.05) is 57.1 Å². The van der Waals surface area contributed by atoms with Crippen molar-refractivity contribution in [2.24, 2.45) is 0 Å². The van der Waals surface area contributed by atoms with Crippen LogP contribution in [0.2, 0.25) is 5.02 Å². The molecule has 0 aliphatic rings. The number of pyridine rings is 1. The van der Waals surface area contributed by atoms with Crippen LogP contribution in [0.4, 0.5) is 15.8 Å². The summed E-state index contributed by atoms with van der Waals surface area (Å²) in [6, 6.07) is 15.5.